The van der Waals surface area contributed by atoms with Crippen LogP contribution in [0.5, 0.6) is 0 Å². The summed E-state index contributed by atoms with van der Waals surface area (Å²) in [5.41, 5.74) is 7.76. The van der Waals surface area contributed by atoms with Crippen molar-refractivity contribution in [1.82, 2.24) is 9.97 Å². The van der Waals surface area contributed by atoms with Crippen LogP contribution in [0.3, 0.4) is 0 Å². The second kappa shape index (κ2) is 3.75. The fraction of sp³-hybridized carbons (Fsp3) is 0.273. The molecule has 2 heterocycles. The Kier molecular flexibility index (Phi) is 2.25. The molecule has 1 fully saturated rings. The number of hydrogen-bond acceptors (Lipinski definition) is 5. The second-order valence-electron chi connectivity index (χ2n) is 3.95. The third kappa shape index (κ3) is 1.99. The molecular formula is C11H12N4S. The average molecular weight is 232 g/mol. The van der Waals surface area contributed by atoms with Gasteiger partial charge in [-0.2, -0.15) is 0 Å². The van der Waals surface area contributed by atoms with Crippen molar-refractivity contribution in [2.75, 3.05) is 11.1 Å². The van der Waals surface area contributed by atoms with Gasteiger partial charge in [-0.3, -0.25) is 0 Å². The number of nitrogens with zero attached hydrogens (tertiary/aromatic N) is 2. The molecule has 0 radical (unpaired) electrons. The Balaban J connectivity index is 1.77. The third-order valence-electron chi connectivity index (χ3n) is 2.55. The molecule has 2 aromatic heterocycles. The minimum Gasteiger partial charge on any atom is -0.384 e. The van der Waals surface area contributed by atoms with Gasteiger partial charge in [-0.15, -0.1) is 11.3 Å². The maximum Gasteiger partial charge on any atom is 0.187 e. The van der Waals surface area contributed by atoms with Gasteiger partial charge in [-0.1, -0.05) is 0 Å². The molecule has 0 spiro atoms. The Morgan fingerprint density at radius 3 is 3.06 bits per heavy atom. The zero-order valence-electron chi connectivity index (χ0n) is 8.68. The molecule has 0 aliphatic heterocycles. The molecule has 3 rings (SSSR count). The first-order chi connectivity index (χ1) is 7.81. The van der Waals surface area contributed by atoms with E-state index in [1.165, 1.54) is 18.5 Å². The highest BCUT2D eigenvalue weighted by Gasteiger charge is 2.25. The van der Waals surface area contributed by atoms with E-state index in [2.05, 4.69) is 20.7 Å². The maximum atomic E-state index is 5.61. The zero-order chi connectivity index (χ0) is 11.0. The summed E-state index contributed by atoms with van der Waals surface area (Å²) in [4.78, 5) is 8.49. The predicted octanol–water partition coefficient (Wildman–Crippen LogP) is 2.74. The number of aromatic nitrogens is 2. The van der Waals surface area contributed by atoms with E-state index in [0.717, 1.165) is 10.8 Å². The van der Waals surface area contributed by atoms with Crippen molar-refractivity contribution in [3.05, 3.63) is 29.4 Å². The van der Waals surface area contributed by atoms with Crippen LogP contribution in [0, 0.1) is 0 Å². The molecule has 0 atom stereocenters. The molecule has 82 valence electrons. The summed E-state index contributed by atoms with van der Waals surface area (Å²) >= 11 is 1.64. The van der Waals surface area contributed by atoms with Gasteiger partial charge in [-0.05, 0) is 18.9 Å². The number of rotatable bonds is 3. The second-order valence-corrected chi connectivity index (χ2v) is 4.80. The van der Waals surface area contributed by atoms with Gasteiger partial charge in [-0.25, -0.2) is 9.97 Å². The van der Waals surface area contributed by atoms with Gasteiger partial charge in [0.1, 0.15) is 5.82 Å². The van der Waals surface area contributed by atoms with E-state index in [1.807, 2.05) is 6.07 Å². The standard InChI is InChI=1S/C11H12N4S/c12-10-5-8(3-4-13-10)14-11-15-9(6-16-11)7-1-2-7/h3-7H,1-2H2,(H3,12,13,14,15). The molecular weight excluding hydrogens is 220 g/mol. The number of nitrogens with two attached hydrogens (primary N) is 1. The quantitative estimate of drug-likeness (QED) is 0.854. The Morgan fingerprint density at radius 1 is 1.44 bits per heavy atom. The minimum absolute atomic E-state index is 0.518. The molecule has 2 aromatic rings. The van der Waals surface area contributed by atoms with Crippen molar-refractivity contribution in [3.63, 3.8) is 0 Å². The van der Waals surface area contributed by atoms with Crippen LogP contribution < -0.4 is 11.1 Å². The molecule has 0 saturated heterocycles. The van der Waals surface area contributed by atoms with Gasteiger partial charge in [0, 0.05) is 29.2 Å². The lowest BCUT2D eigenvalue weighted by atomic mass is 10.3. The van der Waals surface area contributed by atoms with E-state index in [4.69, 9.17) is 5.73 Å². The first kappa shape index (κ1) is 9.59. The van der Waals surface area contributed by atoms with Crippen LogP contribution in [0.1, 0.15) is 24.5 Å². The largest absolute Gasteiger partial charge is 0.384 e. The van der Waals surface area contributed by atoms with E-state index >= 15 is 0 Å². The molecule has 4 nitrogen and oxygen atoms in total. The van der Waals surface area contributed by atoms with Crippen LogP contribution in [0.15, 0.2) is 23.7 Å². The number of thiazole rings is 1. The van der Waals surface area contributed by atoms with Gasteiger partial charge in [0.25, 0.3) is 0 Å². The van der Waals surface area contributed by atoms with Gasteiger partial charge in [0.05, 0.1) is 5.69 Å². The summed E-state index contributed by atoms with van der Waals surface area (Å²) in [6.07, 6.45) is 4.25. The summed E-state index contributed by atoms with van der Waals surface area (Å²) in [5, 5.41) is 6.29. The third-order valence-corrected chi connectivity index (χ3v) is 3.33. The number of hydrogen-bond donors (Lipinski definition) is 2. The normalized spacial score (nSPS) is 15.0. The predicted molar refractivity (Wildman–Crippen MR) is 66.0 cm³/mol. The Hall–Kier alpha value is -1.62. The van der Waals surface area contributed by atoms with Crippen LogP contribution in [0.25, 0.3) is 0 Å². The molecule has 3 N–H and O–H groups in total. The number of nitrogens with one attached hydrogen (secondary N) is 1. The summed E-state index contributed by atoms with van der Waals surface area (Å²) in [6.45, 7) is 0. The molecule has 1 aliphatic rings. The van der Waals surface area contributed by atoms with Crippen molar-refractivity contribution in [2.45, 2.75) is 18.8 Å². The SMILES string of the molecule is Nc1cc(Nc2nc(C3CC3)cs2)ccn1. The van der Waals surface area contributed by atoms with E-state index < -0.39 is 0 Å². The lowest BCUT2D eigenvalue weighted by Gasteiger charge is -2.02. The lowest BCUT2D eigenvalue weighted by molar-refractivity contribution is 1.05. The van der Waals surface area contributed by atoms with Gasteiger partial charge in [0.2, 0.25) is 0 Å². The first-order valence-corrected chi connectivity index (χ1v) is 6.13. The average Bonchev–Trinajstić information content (AvgIpc) is 3.01. The lowest BCUT2D eigenvalue weighted by Crippen LogP contribution is -1.94. The van der Waals surface area contributed by atoms with Gasteiger partial charge >= 0.3 is 0 Å². The van der Waals surface area contributed by atoms with Crippen molar-refractivity contribution < 1.29 is 0 Å². The van der Waals surface area contributed by atoms with Crippen molar-refractivity contribution >= 4 is 28.0 Å². The molecule has 0 unspecified atom stereocenters. The van der Waals surface area contributed by atoms with E-state index in [-0.39, 0.29) is 0 Å². The smallest absolute Gasteiger partial charge is 0.187 e. The number of pyridine rings is 1. The molecule has 16 heavy (non-hydrogen) atoms. The number of nitrogen functional groups attached to an aromatic ring is 1. The Morgan fingerprint density at radius 2 is 2.31 bits per heavy atom. The van der Waals surface area contributed by atoms with E-state index in [0.29, 0.717) is 11.7 Å². The van der Waals surface area contributed by atoms with Crippen LogP contribution >= 0.6 is 11.3 Å². The van der Waals surface area contributed by atoms with Crippen molar-refractivity contribution in [1.29, 1.82) is 0 Å². The summed E-state index contributed by atoms with van der Waals surface area (Å²) < 4.78 is 0. The van der Waals surface area contributed by atoms with Gasteiger partial charge < -0.3 is 11.1 Å². The fourth-order valence-electron chi connectivity index (χ4n) is 1.56. The van der Waals surface area contributed by atoms with E-state index in [1.54, 1.807) is 23.6 Å². The number of anilines is 3. The topological polar surface area (TPSA) is 63.8 Å². The van der Waals surface area contributed by atoms with Crippen LogP contribution in [0.4, 0.5) is 16.6 Å². The van der Waals surface area contributed by atoms with E-state index in [9.17, 15) is 0 Å². The monoisotopic (exact) mass is 232 g/mol. The Labute approximate surface area is 97.5 Å². The summed E-state index contributed by atoms with van der Waals surface area (Å²) in [6, 6.07) is 3.69. The first-order valence-electron chi connectivity index (χ1n) is 5.25. The molecule has 0 aromatic carbocycles. The highest BCUT2D eigenvalue weighted by atomic mass is 32.1. The van der Waals surface area contributed by atoms with Crippen molar-refractivity contribution in [2.24, 2.45) is 0 Å². The van der Waals surface area contributed by atoms with Crippen LogP contribution in [0.2, 0.25) is 0 Å². The van der Waals surface area contributed by atoms with Gasteiger partial charge in [0.15, 0.2) is 5.13 Å². The molecule has 0 bridgehead atoms. The highest BCUT2D eigenvalue weighted by Crippen LogP contribution is 2.41. The molecule has 5 heteroatoms. The zero-order valence-corrected chi connectivity index (χ0v) is 9.50. The fourth-order valence-corrected chi connectivity index (χ4v) is 2.37. The summed E-state index contributed by atoms with van der Waals surface area (Å²) in [7, 11) is 0. The van der Waals surface area contributed by atoms with Crippen LogP contribution in [-0.4, -0.2) is 9.97 Å². The maximum absolute atomic E-state index is 5.61. The molecule has 0 amide bonds. The highest BCUT2D eigenvalue weighted by molar-refractivity contribution is 7.13. The molecule has 1 aliphatic carbocycles. The van der Waals surface area contributed by atoms with Crippen LogP contribution in [-0.2, 0) is 0 Å². The van der Waals surface area contributed by atoms with Crippen molar-refractivity contribution in [3.8, 4) is 0 Å². The minimum atomic E-state index is 0.518. The molecule has 1 saturated carbocycles. The Bertz CT molecular complexity index is 504. The summed E-state index contributed by atoms with van der Waals surface area (Å²) in [5.74, 6) is 1.22.